The van der Waals surface area contributed by atoms with Crippen LogP contribution < -0.4 is 0 Å². The van der Waals surface area contributed by atoms with E-state index in [0.29, 0.717) is 0 Å². The molecule has 0 aromatic heterocycles. The van der Waals surface area contributed by atoms with Gasteiger partial charge in [0.15, 0.2) is 0 Å². The highest BCUT2D eigenvalue weighted by Gasteiger charge is 2.24. The molecule has 0 unspecified atom stereocenters. The van der Waals surface area contributed by atoms with Gasteiger partial charge in [-0.1, -0.05) is 69.6 Å². The molecule has 0 N–H and O–H groups in total. The number of rotatable bonds is 4. The lowest BCUT2D eigenvalue weighted by molar-refractivity contribution is 0.256. The summed E-state index contributed by atoms with van der Waals surface area (Å²) in [5.41, 5.74) is 0. The summed E-state index contributed by atoms with van der Waals surface area (Å²) in [4.78, 5) is 0. The molecule has 0 amide bonds. The van der Waals surface area contributed by atoms with E-state index in [1.54, 1.807) is 0 Å². The van der Waals surface area contributed by atoms with Crippen molar-refractivity contribution in [2.45, 2.75) is 7.59 Å². The molecule has 0 radical (unpaired) electrons. The largest absolute Gasteiger partial charge is 0.304 e. The van der Waals surface area contributed by atoms with Crippen LogP contribution in [0.4, 0.5) is 0 Å². The fourth-order valence-corrected chi connectivity index (χ4v) is 1.59. The van der Waals surface area contributed by atoms with Gasteiger partial charge in [0.25, 0.3) is 0 Å². The summed E-state index contributed by atoms with van der Waals surface area (Å²) < 4.78 is 16.5. The minimum atomic E-state index is -2.12. The van der Waals surface area contributed by atoms with Gasteiger partial charge in [-0.25, -0.2) is 0 Å². The lowest BCUT2D eigenvalue weighted by Crippen LogP contribution is -2.19. The average Bonchev–Trinajstić information content (AvgIpc) is 1.94. The second kappa shape index (κ2) is 6.52. The topological polar surface area (TPSA) is 35.5 Å². The molecule has 0 saturated carbocycles. The summed E-state index contributed by atoms with van der Waals surface area (Å²) >= 11 is 29.7. The first-order chi connectivity index (χ1) is 6.10. The van der Waals surface area contributed by atoms with Gasteiger partial charge in [-0.05, 0) is 0 Å². The quantitative estimate of drug-likeness (QED) is 0.734. The Bertz CT molecular complexity index is 178. The summed E-state index contributed by atoms with van der Waals surface area (Å²) in [5.74, 6) is 0. The average molecular weight is 345 g/mol. The van der Waals surface area contributed by atoms with Crippen LogP contribution in [0.3, 0.4) is 0 Å². The molecule has 0 spiro atoms. The molecule has 0 rings (SSSR count). The summed E-state index contributed by atoms with van der Waals surface area (Å²) in [6.45, 7) is -0.797. The fourth-order valence-electron chi connectivity index (χ4n) is 0.264. The number of hydrogen-bond acceptors (Lipinski definition) is 3. The standard InChI is InChI=1S/C4H4Cl6O3S/c5-3(6,7)1-12-14(11)13-2-4(8,9)10/h1-2H2. The third-order valence-electron chi connectivity index (χ3n) is 0.638. The molecule has 0 atom stereocenters. The van der Waals surface area contributed by atoms with Crippen LogP contribution in [0.15, 0.2) is 0 Å². The van der Waals surface area contributed by atoms with Crippen LogP contribution in [0.5, 0.6) is 0 Å². The van der Waals surface area contributed by atoms with Gasteiger partial charge in [-0.2, -0.15) is 4.21 Å². The molecule has 0 bridgehead atoms. The van der Waals surface area contributed by atoms with Gasteiger partial charge >= 0.3 is 11.4 Å². The summed E-state index contributed by atoms with van der Waals surface area (Å²) in [5, 5.41) is 0. The fraction of sp³-hybridized carbons (Fsp3) is 1.00. The van der Waals surface area contributed by atoms with Gasteiger partial charge in [0.2, 0.25) is 7.59 Å². The summed E-state index contributed by atoms with van der Waals surface area (Å²) in [7, 11) is 0. The van der Waals surface area contributed by atoms with Gasteiger partial charge in [-0.15, -0.1) is 0 Å². The predicted octanol–water partition coefficient (Wildman–Crippen LogP) is 3.34. The van der Waals surface area contributed by atoms with E-state index < -0.39 is 32.2 Å². The van der Waals surface area contributed by atoms with E-state index in [4.69, 9.17) is 69.6 Å². The van der Waals surface area contributed by atoms with E-state index >= 15 is 0 Å². The Kier molecular flexibility index (Phi) is 7.37. The van der Waals surface area contributed by atoms with E-state index in [0.717, 1.165) is 0 Å². The van der Waals surface area contributed by atoms with Crippen molar-refractivity contribution < 1.29 is 12.6 Å². The molecule has 0 aromatic rings. The molecular weight excluding hydrogens is 341 g/mol. The van der Waals surface area contributed by atoms with Gasteiger partial charge in [-0.3, -0.25) is 8.37 Å². The molecule has 0 aliphatic carbocycles. The number of hydrogen-bond donors (Lipinski definition) is 0. The number of alkyl halides is 6. The van der Waals surface area contributed by atoms with E-state index in [2.05, 4.69) is 8.37 Å². The maximum absolute atomic E-state index is 10.9. The lowest BCUT2D eigenvalue weighted by Gasteiger charge is -2.12. The first-order valence-electron chi connectivity index (χ1n) is 2.92. The molecule has 3 nitrogen and oxygen atoms in total. The second-order valence-corrected chi connectivity index (χ2v) is 7.87. The monoisotopic (exact) mass is 342 g/mol. The molecule has 14 heavy (non-hydrogen) atoms. The molecular formula is C4H4Cl6O3S. The van der Waals surface area contributed by atoms with Crippen LogP contribution in [0.25, 0.3) is 0 Å². The highest BCUT2D eigenvalue weighted by Crippen LogP contribution is 2.28. The van der Waals surface area contributed by atoms with Crippen molar-refractivity contribution in [3.8, 4) is 0 Å². The Hall–Kier alpha value is 1.81. The summed E-state index contributed by atoms with van der Waals surface area (Å²) in [6.07, 6.45) is 0. The van der Waals surface area contributed by atoms with Gasteiger partial charge in [0.1, 0.15) is 13.2 Å². The highest BCUT2D eigenvalue weighted by molar-refractivity contribution is 7.75. The van der Waals surface area contributed by atoms with Crippen LogP contribution >= 0.6 is 69.6 Å². The predicted molar refractivity (Wildman–Crippen MR) is 60.6 cm³/mol. The molecule has 0 heterocycles. The normalized spacial score (nSPS) is 13.6. The van der Waals surface area contributed by atoms with Gasteiger partial charge < -0.3 is 0 Å². The minimum absolute atomic E-state index is 0.399. The highest BCUT2D eigenvalue weighted by atomic mass is 35.6. The molecule has 0 aromatic carbocycles. The Morgan fingerprint density at radius 3 is 1.36 bits per heavy atom. The first-order valence-corrected chi connectivity index (χ1v) is 6.19. The smallest absolute Gasteiger partial charge is 0.264 e. The van der Waals surface area contributed by atoms with Crippen LogP contribution in [-0.4, -0.2) is 25.0 Å². The van der Waals surface area contributed by atoms with Crippen molar-refractivity contribution in [2.24, 2.45) is 0 Å². The van der Waals surface area contributed by atoms with Gasteiger partial charge in [0, 0.05) is 0 Å². The Morgan fingerprint density at radius 1 is 0.857 bits per heavy atom. The van der Waals surface area contributed by atoms with Crippen molar-refractivity contribution in [1.29, 1.82) is 0 Å². The maximum atomic E-state index is 10.9. The van der Waals surface area contributed by atoms with Crippen LogP contribution in [0.1, 0.15) is 0 Å². The molecule has 10 heteroatoms. The van der Waals surface area contributed by atoms with Crippen molar-refractivity contribution in [3.63, 3.8) is 0 Å². The molecule has 86 valence electrons. The van der Waals surface area contributed by atoms with E-state index in [9.17, 15) is 4.21 Å². The minimum Gasteiger partial charge on any atom is -0.264 e. The van der Waals surface area contributed by atoms with Crippen molar-refractivity contribution >= 4 is 81.0 Å². The van der Waals surface area contributed by atoms with Crippen LogP contribution in [0.2, 0.25) is 0 Å². The Balaban J connectivity index is 3.68. The van der Waals surface area contributed by atoms with Crippen LogP contribution in [0, 0.1) is 0 Å². The van der Waals surface area contributed by atoms with E-state index in [-0.39, 0.29) is 0 Å². The van der Waals surface area contributed by atoms with E-state index in [1.807, 2.05) is 0 Å². The third kappa shape index (κ3) is 11.9. The van der Waals surface area contributed by atoms with Crippen LogP contribution in [-0.2, 0) is 19.7 Å². The molecule has 0 fully saturated rings. The maximum Gasteiger partial charge on any atom is 0.304 e. The van der Waals surface area contributed by atoms with Crippen molar-refractivity contribution in [1.82, 2.24) is 0 Å². The van der Waals surface area contributed by atoms with Crippen molar-refractivity contribution in [3.05, 3.63) is 0 Å². The molecule has 0 saturated heterocycles. The van der Waals surface area contributed by atoms with Gasteiger partial charge in [0.05, 0.1) is 0 Å². The lowest BCUT2D eigenvalue weighted by atomic mass is 10.9. The summed E-state index contributed by atoms with van der Waals surface area (Å²) in [6, 6.07) is 0. The molecule has 0 aliphatic rings. The van der Waals surface area contributed by atoms with Crippen molar-refractivity contribution in [2.75, 3.05) is 13.2 Å². The SMILES string of the molecule is O=S(OCC(Cl)(Cl)Cl)OCC(Cl)(Cl)Cl. The number of halogens is 6. The zero-order chi connectivity index (χ0) is 11.4. The Morgan fingerprint density at radius 2 is 1.14 bits per heavy atom. The molecule has 0 aliphatic heterocycles. The Labute approximate surface area is 114 Å². The third-order valence-corrected chi connectivity index (χ3v) is 1.91. The first kappa shape index (κ1) is 15.8. The van der Waals surface area contributed by atoms with E-state index in [1.165, 1.54) is 0 Å². The zero-order valence-corrected chi connectivity index (χ0v) is 11.7. The zero-order valence-electron chi connectivity index (χ0n) is 6.31. The second-order valence-electron chi connectivity index (χ2n) is 1.96.